The zero-order valence-electron chi connectivity index (χ0n) is 12.8. The van der Waals surface area contributed by atoms with Crippen molar-refractivity contribution in [3.63, 3.8) is 0 Å². The van der Waals surface area contributed by atoms with Crippen molar-refractivity contribution < 1.29 is 14.7 Å². The summed E-state index contributed by atoms with van der Waals surface area (Å²) < 4.78 is 1.85. The molecule has 112 valence electrons. The van der Waals surface area contributed by atoms with E-state index in [4.69, 9.17) is 5.11 Å². The molecule has 0 aromatic carbocycles. The number of carboxylic acids is 1. The number of aliphatic carboxylic acids is 1. The number of carboxylic acid groups (broad SMARTS) is 1. The number of carbonyl (C=O) groups excluding carboxylic acids is 1. The van der Waals surface area contributed by atoms with E-state index in [2.05, 4.69) is 18.9 Å². The molecule has 0 saturated carbocycles. The van der Waals surface area contributed by atoms with E-state index >= 15 is 0 Å². The van der Waals surface area contributed by atoms with Gasteiger partial charge in [-0.3, -0.25) is 9.48 Å². The number of carbonyl (C=O) groups is 2. The zero-order chi connectivity index (χ0) is 15.4. The van der Waals surface area contributed by atoms with Crippen LogP contribution in [0.5, 0.6) is 0 Å². The van der Waals surface area contributed by atoms with Crippen LogP contribution in [0.15, 0.2) is 6.20 Å². The molecular weight excluding hydrogens is 258 g/mol. The normalized spacial score (nSPS) is 12.5. The van der Waals surface area contributed by atoms with Crippen molar-refractivity contribution >= 4 is 11.9 Å². The zero-order valence-corrected chi connectivity index (χ0v) is 12.8. The second-order valence-corrected chi connectivity index (χ2v) is 4.99. The van der Waals surface area contributed by atoms with Gasteiger partial charge < -0.3 is 10.0 Å². The summed E-state index contributed by atoms with van der Waals surface area (Å²) in [4.78, 5) is 24.5. The number of likely N-dealkylation sites (N-methyl/N-ethyl adjacent to an activating group) is 1. The van der Waals surface area contributed by atoms with E-state index in [0.717, 1.165) is 18.5 Å². The maximum atomic E-state index is 12.3. The van der Waals surface area contributed by atoms with Crippen LogP contribution in [0.25, 0.3) is 0 Å². The van der Waals surface area contributed by atoms with Crippen molar-refractivity contribution in [1.29, 1.82) is 0 Å². The van der Waals surface area contributed by atoms with Gasteiger partial charge in [0.25, 0.3) is 5.91 Å². The van der Waals surface area contributed by atoms with Gasteiger partial charge in [-0.2, -0.15) is 5.10 Å². The lowest BCUT2D eigenvalue weighted by Crippen LogP contribution is -2.40. The van der Waals surface area contributed by atoms with Crippen molar-refractivity contribution in [2.45, 2.75) is 52.6 Å². The summed E-state index contributed by atoms with van der Waals surface area (Å²) in [6.45, 7) is 7.49. The van der Waals surface area contributed by atoms with Crippen molar-refractivity contribution in [2.75, 3.05) is 7.05 Å². The Morgan fingerprint density at radius 3 is 2.40 bits per heavy atom. The van der Waals surface area contributed by atoms with Gasteiger partial charge in [0, 0.05) is 12.7 Å². The Bertz CT molecular complexity index is 492. The van der Waals surface area contributed by atoms with Crippen LogP contribution in [-0.2, 0) is 4.79 Å². The summed E-state index contributed by atoms with van der Waals surface area (Å²) in [5.41, 5.74) is 1.25. The molecule has 6 heteroatoms. The van der Waals surface area contributed by atoms with Gasteiger partial charge >= 0.3 is 5.97 Å². The number of hydrogen-bond acceptors (Lipinski definition) is 3. The molecule has 1 unspecified atom stereocenters. The monoisotopic (exact) mass is 281 g/mol. The molecule has 0 aliphatic heterocycles. The van der Waals surface area contributed by atoms with Crippen molar-refractivity contribution in [3.05, 3.63) is 17.5 Å². The lowest BCUT2D eigenvalue weighted by molar-refractivity contribution is -0.141. The van der Waals surface area contributed by atoms with Crippen molar-refractivity contribution in [1.82, 2.24) is 14.7 Å². The molecular formula is C14H23N3O3. The third-order valence-electron chi connectivity index (χ3n) is 3.82. The summed E-state index contributed by atoms with van der Waals surface area (Å²) in [6.07, 6.45) is 3.41. The highest BCUT2D eigenvalue weighted by Gasteiger charge is 2.26. The van der Waals surface area contributed by atoms with E-state index in [1.54, 1.807) is 0 Å². The quantitative estimate of drug-likeness (QED) is 0.866. The largest absolute Gasteiger partial charge is 0.480 e. The van der Waals surface area contributed by atoms with E-state index < -0.39 is 12.0 Å². The Morgan fingerprint density at radius 1 is 1.40 bits per heavy atom. The van der Waals surface area contributed by atoms with E-state index in [1.807, 2.05) is 11.6 Å². The first-order valence-electron chi connectivity index (χ1n) is 6.89. The van der Waals surface area contributed by atoms with Gasteiger partial charge in [-0.1, -0.05) is 13.8 Å². The van der Waals surface area contributed by atoms with Crippen LogP contribution < -0.4 is 0 Å². The summed E-state index contributed by atoms with van der Waals surface area (Å²) in [5, 5.41) is 13.3. The van der Waals surface area contributed by atoms with Crippen molar-refractivity contribution in [3.8, 4) is 0 Å². The highest BCUT2D eigenvalue weighted by molar-refractivity contribution is 5.97. The lowest BCUT2D eigenvalue weighted by Gasteiger charge is -2.21. The molecule has 1 amide bonds. The van der Waals surface area contributed by atoms with E-state index in [9.17, 15) is 9.59 Å². The molecule has 1 aromatic rings. The Balaban J connectivity index is 3.04. The van der Waals surface area contributed by atoms with Crippen molar-refractivity contribution in [2.24, 2.45) is 0 Å². The molecule has 0 bridgehead atoms. The van der Waals surface area contributed by atoms with E-state index in [1.165, 1.54) is 25.1 Å². The average Bonchev–Trinajstić information content (AvgIpc) is 2.80. The Morgan fingerprint density at radius 2 is 1.95 bits per heavy atom. The minimum Gasteiger partial charge on any atom is -0.480 e. The number of hydrogen-bond donors (Lipinski definition) is 1. The first kappa shape index (κ1) is 16.2. The van der Waals surface area contributed by atoms with Gasteiger partial charge in [0.05, 0.1) is 17.8 Å². The summed E-state index contributed by atoms with van der Waals surface area (Å²) in [7, 11) is 1.50. The second-order valence-electron chi connectivity index (χ2n) is 4.99. The van der Waals surface area contributed by atoms with Gasteiger partial charge in [-0.25, -0.2) is 4.79 Å². The first-order valence-corrected chi connectivity index (χ1v) is 6.89. The molecule has 1 aromatic heterocycles. The number of amides is 1. The van der Waals surface area contributed by atoms with Crippen LogP contribution in [0.4, 0.5) is 0 Å². The minimum absolute atomic E-state index is 0.263. The van der Waals surface area contributed by atoms with Gasteiger partial charge in [-0.05, 0) is 26.7 Å². The number of nitrogens with zero attached hydrogens (tertiary/aromatic N) is 3. The van der Waals surface area contributed by atoms with Gasteiger partial charge in [0.15, 0.2) is 0 Å². The van der Waals surface area contributed by atoms with E-state index in [-0.39, 0.29) is 11.9 Å². The molecule has 0 saturated heterocycles. The standard InChI is InChI=1S/C14H23N3O3/c1-6-11(7-2)17-9(3)12(8-15-17)13(18)16(5)10(4)14(19)20/h8,10-11H,6-7H2,1-5H3,(H,19,20). The average molecular weight is 281 g/mol. The lowest BCUT2D eigenvalue weighted by atomic mass is 10.1. The maximum Gasteiger partial charge on any atom is 0.326 e. The van der Waals surface area contributed by atoms with E-state index in [0.29, 0.717) is 5.56 Å². The summed E-state index contributed by atoms with van der Waals surface area (Å²) in [6, 6.07) is -0.600. The predicted molar refractivity (Wildman–Crippen MR) is 75.8 cm³/mol. The summed E-state index contributed by atoms with van der Waals surface area (Å²) in [5.74, 6) is -1.33. The molecule has 20 heavy (non-hydrogen) atoms. The molecule has 0 fully saturated rings. The molecule has 1 heterocycles. The van der Waals surface area contributed by atoms with Gasteiger partial charge in [-0.15, -0.1) is 0 Å². The predicted octanol–water partition coefficient (Wildman–Crippen LogP) is 2.10. The molecule has 1 atom stereocenters. The van der Waals surface area contributed by atoms with Gasteiger partial charge in [0.2, 0.25) is 0 Å². The number of aromatic nitrogens is 2. The second kappa shape index (κ2) is 6.54. The molecule has 1 rings (SSSR count). The molecule has 0 spiro atoms. The molecule has 0 radical (unpaired) electrons. The van der Waals surface area contributed by atoms with Gasteiger partial charge in [0.1, 0.15) is 6.04 Å². The topological polar surface area (TPSA) is 75.4 Å². The molecule has 1 N–H and O–H groups in total. The first-order chi connectivity index (χ1) is 9.34. The molecule has 0 aliphatic rings. The summed E-state index contributed by atoms with van der Waals surface area (Å²) >= 11 is 0. The third kappa shape index (κ3) is 3.00. The van der Waals surface area contributed by atoms with Crippen LogP contribution in [-0.4, -0.2) is 44.8 Å². The Labute approximate surface area is 119 Å². The third-order valence-corrected chi connectivity index (χ3v) is 3.82. The van der Waals surface area contributed by atoms with Crippen LogP contribution in [0.2, 0.25) is 0 Å². The highest BCUT2D eigenvalue weighted by Crippen LogP contribution is 2.20. The molecule has 0 aliphatic carbocycles. The van der Waals surface area contributed by atoms with Crippen LogP contribution in [0.1, 0.15) is 55.7 Å². The fraction of sp³-hybridized carbons (Fsp3) is 0.643. The smallest absolute Gasteiger partial charge is 0.326 e. The maximum absolute atomic E-state index is 12.3. The highest BCUT2D eigenvalue weighted by atomic mass is 16.4. The fourth-order valence-corrected chi connectivity index (χ4v) is 2.17. The Kier molecular flexibility index (Phi) is 5.30. The Hall–Kier alpha value is -1.85. The van der Waals surface area contributed by atoms with Crippen LogP contribution >= 0.6 is 0 Å². The molecule has 6 nitrogen and oxygen atoms in total. The fourth-order valence-electron chi connectivity index (χ4n) is 2.17. The van der Waals surface area contributed by atoms with Crippen LogP contribution in [0.3, 0.4) is 0 Å². The number of rotatable bonds is 6. The van der Waals surface area contributed by atoms with Crippen LogP contribution in [0, 0.1) is 6.92 Å². The minimum atomic E-state index is -1.02. The SMILES string of the molecule is CCC(CC)n1ncc(C(=O)N(C)C(C)C(=O)O)c1C.